The van der Waals surface area contributed by atoms with Gasteiger partial charge in [0.25, 0.3) is 5.91 Å². The van der Waals surface area contributed by atoms with Crippen molar-refractivity contribution in [1.29, 1.82) is 0 Å². The summed E-state index contributed by atoms with van der Waals surface area (Å²) < 4.78 is 0.545. The van der Waals surface area contributed by atoms with Crippen LogP contribution in [0.2, 0.25) is 0 Å². The van der Waals surface area contributed by atoms with E-state index in [9.17, 15) is 4.79 Å². The summed E-state index contributed by atoms with van der Waals surface area (Å²) in [4.78, 5) is 18.2. The number of amides is 1. The van der Waals surface area contributed by atoms with Gasteiger partial charge < -0.3 is 5.11 Å². The Balaban J connectivity index is 2.15. The van der Waals surface area contributed by atoms with Crippen LogP contribution >= 0.6 is 24.0 Å². The maximum atomic E-state index is 12.1. The lowest BCUT2D eigenvalue weighted by Crippen LogP contribution is -2.29. The number of thiocarbonyl (C=S) groups is 1. The summed E-state index contributed by atoms with van der Waals surface area (Å²) in [7, 11) is 0. The maximum Gasteiger partial charge on any atom is 0.266 e. The number of rotatable bonds is 4. The smallest absolute Gasteiger partial charge is 0.266 e. The van der Waals surface area contributed by atoms with E-state index < -0.39 is 0 Å². The lowest BCUT2D eigenvalue weighted by molar-refractivity contribution is -0.122. The second-order valence-electron chi connectivity index (χ2n) is 3.70. The Kier molecular flexibility index (Phi) is 4.46. The Hall–Kier alpha value is -1.24. The number of thioether (sulfide) groups is 1. The number of aromatic nitrogens is 1. The molecule has 0 bridgehead atoms. The van der Waals surface area contributed by atoms with Gasteiger partial charge in [-0.1, -0.05) is 30.0 Å². The molecule has 0 aliphatic carbocycles. The molecule has 1 aliphatic rings. The van der Waals surface area contributed by atoms with Crippen LogP contribution in [-0.4, -0.2) is 38.4 Å². The van der Waals surface area contributed by atoms with Crippen LogP contribution in [0.15, 0.2) is 29.4 Å². The molecule has 1 fully saturated rings. The van der Waals surface area contributed by atoms with Crippen molar-refractivity contribution >= 4 is 40.3 Å². The molecule has 1 aromatic heterocycles. The topological polar surface area (TPSA) is 53.4 Å². The third kappa shape index (κ3) is 2.95. The summed E-state index contributed by atoms with van der Waals surface area (Å²) in [5.41, 5.74) is 0.875. The molecular weight excluding hydrogens is 268 g/mol. The fourth-order valence-corrected chi connectivity index (χ4v) is 2.84. The summed E-state index contributed by atoms with van der Waals surface area (Å²) >= 11 is 6.44. The van der Waals surface area contributed by atoms with Gasteiger partial charge in [0.15, 0.2) is 0 Å². The van der Waals surface area contributed by atoms with Crippen molar-refractivity contribution in [2.45, 2.75) is 6.42 Å². The molecule has 1 N–H and O–H groups in total. The Morgan fingerprint density at radius 2 is 2.39 bits per heavy atom. The molecule has 0 spiro atoms. The molecule has 2 heterocycles. The van der Waals surface area contributed by atoms with Crippen LogP contribution < -0.4 is 0 Å². The Morgan fingerprint density at radius 3 is 3.06 bits per heavy atom. The van der Waals surface area contributed by atoms with E-state index in [2.05, 4.69) is 4.98 Å². The van der Waals surface area contributed by atoms with Gasteiger partial charge in [-0.3, -0.25) is 14.7 Å². The largest absolute Gasteiger partial charge is 0.396 e. The van der Waals surface area contributed by atoms with Gasteiger partial charge >= 0.3 is 0 Å². The van der Waals surface area contributed by atoms with E-state index in [0.717, 1.165) is 5.56 Å². The number of hydrogen-bond donors (Lipinski definition) is 1. The van der Waals surface area contributed by atoms with Crippen LogP contribution in [-0.2, 0) is 4.79 Å². The maximum absolute atomic E-state index is 12.1. The fourth-order valence-electron chi connectivity index (χ4n) is 1.53. The van der Waals surface area contributed by atoms with Crippen molar-refractivity contribution < 1.29 is 9.90 Å². The van der Waals surface area contributed by atoms with Crippen LogP contribution in [0.4, 0.5) is 0 Å². The van der Waals surface area contributed by atoms with Crippen LogP contribution in [0.5, 0.6) is 0 Å². The third-order valence-corrected chi connectivity index (χ3v) is 3.77. The van der Waals surface area contributed by atoms with E-state index in [1.807, 2.05) is 12.1 Å². The monoisotopic (exact) mass is 280 g/mol. The van der Waals surface area contributed by atoms with E-state index in [1.165, 1.54) is 16.7 Å². The van der Waals surface area contributed by atoms with Crippen LogP contribution in [0.25, 0.3) is 6.08 Å². The summed E-state index contributed by atoms with van der Waals surface area (Å²) in [6, 6.07) is 3.70. The first kappa shape index (κ1) is 13.2. The van der Waals surface area contributed by atoms with Gasteiger partial charge in [0.2, 0.25) is 0 Å². The van der Waals surface area contributed by atoms with Gasteiger partial charge in [-0.05, 0) is 24.1 Å². The normalized spacial score (nSPS) is 17.8. The minimum absolute atomic E-state index is 0.0543. The fraction of sp³-hybridized carbons (Fsp3) is 0.250. The summed E-state index contributed by atoms with van der Waals surface area (Å²) in [6.45, 7) is 0.518. The molecular formula is C12H12N2O2S2. The van der Waals surface area contributed by atoms with E-state index in [-0.39, 0.29) is 12.5 Å². The highest BCUT2D eigenvalue weighted by Gasteiger charge is 2.31. The highest BCUT2D eigenvalue weighted by molar-refractivity contribution is 8.26. The average Bonchev–Trinajstić information content (AvgIpc) is 2.64. The number of carbonyl (C=O) groups is 1. The predicted molar refractivity (Wildman–Crippen MR) is 75.8 cm³/mol. The van der Waals surface area contributed by atoms with E-state index >= 15 is 0 Å². The highest BCUT2D eigenvalue weighted by Crippen LogP contribution is 2.32. The molecule has 4 nitrogen and oxygen atoms in total. The SMILES string of the molecule is O=C1/C(=C/c2cccnc2)SC(=S)N1CCCO. The minimum Gasteiger partial charge on any atom is -0.396 e. The van der Waals surface area contributed by atoms with Crippen molar-refractivity contribution in [3.05, 3.63) is 35.0 Å². The number of pyridine rings is 1. The molecule has 1 aromatic rings. The van der Waals surface area contributed by atoms with Gasteiger partial charge in [-0.25, -0.2) is 0 Å². The zero-order valence-electron chi connectivity index (χ0n) is 9.57. The molecule has 94 valence electrons. The minimum atomic E-state index is -0.0951. The van der Waals surface area contributed by atoms with Crippen LogP contribution in [0.3, 0.4) is 0 Å². The van der Waals surface area contributed by atoms with Crippen molar-refractivity contribution in [2.24, 2.45) is 0 Å². The molecule has 0 atom stereocenters. The standard InChI is InChI=1S/C12H12N2O2S2/c15-6-2-5-14-11(16)10(18-12(14)17)7-9-3-1-4-13-8-9/h1,3-4,7-8,15H,2,5-6H2/b10-7-. The number of hydrogen-bond acceptors (Lipinski definition) is 5. The lowest BCUT2D eigenvalue weighted by Gasteiger charge is -2.12. The average molecular weight is 280 g/mol. The molecule has 0 radical (unpaired) electrons. The quantitative estimate of drug-likeness (QED) is 0.671. The van der Waals surface area contributed by atoms with Gasteiger partial charge in [0, 0.05) is 25.5 Å². The zero-order chi connectivity index (χ0) is 13.0. The van der Waals surface area contributed by atoms with Crippen molar-refractivity contribution in [1.82, 2.24) is 9.88 Å². The molecule has 1 saturated heterocycles. The molecule has 1 amide bonds. The second-order valence-corrected chi connectivity index (χ2v) is 5.37. The molecule has 0 aromatic carbocycles. The molecule has 0 saturated carbocycles. The Morgan fingerprint density at radius 1 is 1.56 bits per heavy atom. The molecule has 2 rings (SSSR count). The molecule has 1 aliphatic heterocycles. The Labute approximate surface area is 115 Å². The van der Waals surface area contributed by atoms with Gasteiger partial charge in [0.1, 0.15) is 4.32 Å². The third-order valence-electron chi connectivity index (χ3n) is 2.40. The number of nitrogens with zero attached hydrogens (tertiary/aromatic N) is 2. The molecule has 18 heavy (non-hydrogen) atoms. The highest BCUT2D eigenvalue weighted by atomic mass is 32.2. The first-order valence-electron chi connectivity index (χ1n) is 5.48. The molecule has 0 unspecified atom stereocenters. The summed E-state index contributed by atoms with van der Waals surface area (Å²) in [5, 5.41) is 8.79. The summed E-state index contributed by atoms with van der Waals surface area (Å²) in [6.07, 6.45) is 5.70. The second kappa shape index (κ2) is 6.08. The van der Waals surface area contributed by atoms with E-state index in [4.69, 9.17) is 17.3 Å². The van der Waals surface area contributed by atoms with E-state index in [1.54, 1.807) is 18.5 Å². The number of carbonyl (C=O) groups excluding carboxylic acids is 1. The van der Waals surface area contributed by atoms with Crippen LogP contribution in [0, 0.1) is 0 Å². The van der Waals surface area contributed by atoms with Gasteiger partial charge in [0.05, 0.1) is 4.91 Å². The first-order chi connectivity index (χ1) is 8.72. The van der Waals surface area contributed by atoms with Crippen molar-refractivity contribution in [2.75, 3.05) is 13.2 Å². The number of aliphatic hydroxyl groups is 1. The van der Waals surface area contributed by atoms with Crippen molar-refractivity contribution in [3.63, 3.8) is 0 Å². The summed E-state index contributed by atoms with van der Waals surface area (Å²) in [5.74, 6) is -0.0951. The zero-order valence-corrected chi connectivity index (χ0v) is 11.2. The first-order valence-corrected chi connectivity index (χ1v) is 6.71. The Bertz CT molecular complexity index is 488. The number of aliphatic hydroxyl groups excluding tert-OH is 1. The molecule has 6 heteroatoms. The van der Waals surface area contributed by atoms with Gasteiger partial charge in [-0.15, -0.1) is 0 Å². The van der Waals surface area contributed by atoms with E-state index in [0.29, 0.717) is 22.2 Å². The van der Waals surface area contributed by atoms with Crippen LogP contribution in [0.1, 0.15) is 12.0 Å². The van der Waals surface area contributed by atoms with Gasteiger partial charge in [-0.2, -0.15) is 0 Å². The van der Waals surface area contributed by atoms with Crippen molar-refractivity contribution in [3.8, 4) is 0 Å². The lowest BCUT2D eigenvalue weighted by atomic mass is 10.2. The predicted octanol–water partition coefficient (Wildman–Crippen LogP) is 1.67.